The fourth-order valence-electron chi connectivity index (χ4n) is 3.88. The van der Waals surface area contributed by atoms with E-state index >= 15 is 0 Å². The van der Waals surface area contributed by atoms with Gasteiger partial charge in [-0.15, -0.1) is 0 Å². The number of nitro benzene ring substituents is 1. The van der Waals surface area contributed by atoms with E-state index in [1.807, 2.05) is 31.2 Å². The monoisotopic (exact) mass is 572 g/mol. The van der Waals surface area contributed by atoms with Crippen LogP contribution in [0, 0.1) is 17.0 Å². The summed E-state index contributed by atoms with van der Waals surface area (Å²) in [5.74, 6) is 0.163. The van der Waals surface area contributed by atoms with E-state index in [0.29, 0.717) is 17.0 Å². The normalized spacial score (nSPS) is 11.3. The van der Waals surface area contributed by atoms with E-state index in [2.05, 4.69) is 10.5 Å². The summed E-state index contributed by atoms with van der Waals surface area (Å²) in [7, 11) is -3.56. The molecule has 1 N–H and O–H groups in total. The van der Waals surface area contributed by atoms with E-state index in [4.69, 9.17) is 4.74 Å². The fraction of sp³-hybridized carbons (Fsp3) is 0.133. The molecule has 0 saturated carbocycles. The number of benzene rings is 4. The largest absolute Gasteiger partial charge is 0.489 e. The number of aryl methyl sites for hydroxylation is 1. The van der Waals surface area contributed by atoms with Crippen LogP contribution >= 0.6 is 0 Å². The zero-order chi connectivity index (χ0) is 29.4. The molecule has 4 aromatic carbocycles. The number of hydrazone groups is 1. The predicted octanol–water partition coefficient (Wildman–Crippen LogP) is 5.21. The standard InChI is InChI=1S/C30H28N4O6S/c1-22-5-3-4-6-26(22)20-33(41(2,38)39)27-15-11-25(12-16-27)30(35)32-31-19-23-9-17-29(18-10-23)40-21-24-7-13-28(14-8-24)34(36)37/h3-19H,20-21H2,1-2H3,(H,32,35)/b31-19-. The number of non-ortho nitro benzene ring substituents is 1. The Balaban J connectivity index is 1.32. The molecular formula is C30H28N4O6S. The summed E-state index contributed by atoms with van der Waals surface area (Å²) in [5, 5.41) is 14.8. The van der Waals surface area contributed by atoms with Gasteiger partial charge >= 0.3 is 0 Å². The van der Waals surface area contributed by atoms with Crippen LogP contribution in [0.25, 0.3) is 0 Å². The van der Waals surface area contributed by atoms with Crippen molar-refractivity contribution in [1.82, 2.24) is 5.43 Å². The maximum absolute atomic E-state index is 12.6. The molecule has 0 heterocycles. The van der Waals surface area contributed by atoms with Crippen LogP contribution in [0.2, 0.25) is 0 Å². The zero-order valence-corrected chi connectivity index (χ0v) is 23.2. The van der Waals surface area contributed by atoms with Crippen molar-refractivity contribution in [1.29, 1.82) is 0 Å². The number of rotatable bonds is 11. The van der Waals surface area contributed by atoms with Crippen LogP contribution < -0.4 is 14.5 Å². The van der Waals surface area contributed by atoms with E-state index in [0.717, 1.165) is 28.5 Å². The topological polar surface area (TPSA) is 131 Å². The predicted molar refractivity (Wildman–Crippen MR) is 158 cm³/mol. The number of nitrogens with one attached hydrogen (secondary N) is 1. The molecule has 1 amide bonds. The van der Waals surface area contributed by atoms with Crippen molar-refractivity contribution in [2.75, 3.05) is 10.6 Å². The molecular weight excluding hydrogens is 544 g/mol. The van der Waals surface area contributed by atoms with Crippen LogP contribution in [0.4, 0.5) is 11.4 Å². The van der Waals surface area contributed by atoms with Gasteiger partial charge in [0.05, 0.1) is 29.6 Å². The summed E-state index contributed by atoms with van der Waals surface area (Å²) < 4.78 is 32.0. The molecule has 0 atom stereocenters. The molecule has 0 fully saturated rings. The summed E-state index contributed by atoms with van der Waals surface area (Å²) in [6.45, 7) is 2.37. The lowest BCUT2D eigenvalue weighted by Gasteiger charge is -2.23. The Kier molecular flexibility index (Phi) is 9.10. The van der Waals surface area contributed by atoms with Crippen molar-refractivity contribution in [3.05, 3.63) is 135 Å². The maximum Gasteiger partial charge on any atom is 0.271 e. The lowest BCUT2D eigenvalue weighted by molar-refractivity contribution is -0.384. The highest BCUT2D eigenvalue weighted by Crippen LogP contribution is 2.23. The second-order valence-electron chi connectivity index (χ2n) is 9.22. The lowest BCUT2D eigenvalue weighted by Crippen LogP contribution is -2.29. The van der Waals surface area contributed by atoms with Crippen molar-refractivity contribution < 1.29 is 22.9 Å². The molecule has 10 nitrogen and oxygen atoms in total. The summed E-state index contributed by atoms with van der Waals surface area (Å²) in [5.41, 5.74) is 6.66. The van der Waals surface area contributed by atoms with Gasteiger partial charge in [-0.2, -0.15) is 5.10 Å². The van der Waals surface area contributed by atoms with Crippen LogP contribution in [0.3, 0.4) is 0 Å². The minimum Gasteiger partial charge on any atom is -0.489 e. The van der Waals surface area contributed by atoms with Gasteiger partial charge in [0.1, 0.15) is 12.4 Å². The Bertz CT molecular complexity index is 1650. The Morgan fingerprint density at radius 1 is 0.976 bits per heavy atom. The number of amides is 1. The highest BCUT2D eigenvalue weighted by atomic mass is 32.2. The van der Waals surface area contributed by atoms with Gasteiger partial charge in [0.25, 0.3) is 11.6 Å². The number of hydrogen-bond donors (Lipinski definition) is 1. The molecule has 210 valence electrons. The number of nitrogens with zero attached hydrogens (tertiary/aromatic N) is 3. The van der Waals surface area contributed by atoms with Crippen molar-refractivity contribution in [2.24, 2.45) is 5.10 Å². The first-order valence-corrected chi connectivity index (χ1v) is 14.4. The lowest BCUT2D eigenvalue weighted by atomic mass is 10.1. The SMILES string of the molecule is Cc1ccccc1CN(c1ccc(C(=O)N/N=C\c2ccc(OCc3ccc([N+](=O)[O-])cc3)cc2)cc1)S(C)(=O)=O. The van der Waals surface area contributed by atoms with Gasteiger partial charge in [-0.25, -0.2) is 13.8 Å². The molecule has 0 saturated heterocycles. The maximum atomic E-state index is 12.6. The zero-order valence-electron chi connectivity index (χ0n) is 22.4. The van der Waals surface area contributed by atoms with Gasteiger partial charge in [-0.3, -0.25) is 19.2 Å². The van der Waals surface area contributed by atoms with Crippen LogP contribution in [0.1, 0.15) is 32.6 Å². The van der Waals surface area contributed by atoms with Crippen LogP contribution in [0.15, 0.2) is 102 Å². The average molecular weight is 573 g/mol. The quantitative estimate of drug-likeness (QED) is 0.149. The minimum atomic E-state index is -3.56. The molecule has 0 aromatic heterocycles. The first-order valence-electron chi connectivity index (χ1n) is 12.5. The molecule has 0 aliphatic carbocycles. The Labute approximate surface area is 238 Å². The number of sulfonamides is 1. The average Bonchev–Trinajstić information content (AvgIpc) is 2.96. The Hall–Kier alpha value is -5.03. The van der Waals surface area contributed by atoms with E-state index in [1.54, 1.807) is 60.7 Å². The summed E-state index contributed by atoms with van der Waals surface area (Å²) in [6, 6.07) is 27.0. The van der Waals surface area contributed by atoms with Gasteiger partial charge in [0, 0.05) is 17.7 Å². The summed E-state index contributed by atoms with van der Waals surface area (Å²) >= 11 is 0. The minimum absolute atomic E-state index is 0.0222. The van der Waals surface area contributed by atoms with E-state index in [1.165, 1.54) is 22.7 Å². The van der Waals surface area contributed by atoms with Gasteiger partial charge in [0.2, 0.25) is 10.0 Å². The molecule has 11 heteroatoms. The van der Waals surface area contributed by atoms with Gasteiger partial charge in [0.15, 0.2) is 0 Å². The van der Waals surface area contributed by atoms with Crippen molar-refractivity contribution in [2.45, 2.75) is 20.1 Å². The van der Waals surface area contributed by atoms with Crippen molar-refractivity contribution in [3.63, 3.8) is 0 Å². The first kappa shape index (κ1) is 29.0. The second-order valence-corrected chi connectivity index (χ2v) is 11.1. The highest BCUT2D eigenvalue weighted by Gasteiger charge is 2.19. The third kappa shape index (κ3) is 7.99. The molecule has 41 heavy (non-hydrogen) atoms. The molecule has 0 bridgehead atoms. The van der Waals surface area contributed by atoms with Gasteiger partial charge < -0.3 is 4.74 Å². The van der Waals surface area contributed by atoms with Crippen molar-refractivity contribution >= 4 is 33.5 Å². The summed E-state index contributed by atoms with van der Waals surface area (Å²) in [4.78, 5) is 22.9. The highest BCUT2D eigenvalue weighted by molar-refractivity contribution is 7.92. The molecule has 0 aliphatic rings. The fourth-order valence-corrected chi connectivity index (χ4v) is 4.76. The number of carbonyl (C=O) groups is 1. The molecule has 4 aromatic rings. The van der Waals surface area contributed by atoms with E-state index in [-0.39, 0.29) is 18.8 Å². The van der Waals surface area contributed by atoms with Gasteiger partial charge in [-0.1, -0.05) is 24.3 Å². The third-order valence-corrected chi connectivity index (χ3v) is 7.35. The molecule has 0 aliphatic heterocycles. The van der Waals surface area contributed by atoms with E-state index < -0.39 is 20.9 Å². The number of nitro groups is 1. The molecule has 0 unspecified atom stereocenters. The Morgan fingerprint density at radius 3 is 2.24 bits per heavy atom. The summed E-state index contributed by atoms with van der Waals surface area (Å²) in [6.07, 6.45) is 2.64. The van der Waals surface area contributed by atoms with Crippen molar-refractivity contribution in [3.8, 4) is 5.75 Å². The molecule has 0 radical (unpaired) electrons. The van der Waals surface area contributed by atoms with E-state index in [9.17, 15) is 23.3 Å². The molecule has 0 spiro atoms. The number of anilines is 1. The smallest absolute Gasteiger partial charge is 0.271 e. The van der Waals surface area contributed by atoms with Crippen LogP contribution in [-0.4, -0.2) is 31.7 Å². The third-order valence-electron chi connectivity index (χ3n) is 6.21. The van der Waals surface area contributed by atoms with Gasteiger partial charge in [-0.05, 0) is 89.8 Å². The number of ether oxygens (including phenoxy) is 1. The number of carbonyl (C=O) groups excluding carboxylic acids is 1. The van der Waals surface area contributed by atoms with Crippen LogP contribution in [0.5, 0.6) is 5.75 Å². The second kappa shape index (κ2) is 12.9. The first-order chi connectivity index (χ1) is 19.6. The Morgan fingerprint density at radius 2 is 1.63 bits per heavy atom. The van der Waals surface area contributed by atoms with Crippen LogP contribution in [-0.2, 0) is 23.2 Å². The number of hydrogen-bond acceptors (Lipinski definition) is 7. The molecule has 4 rings (SSSR count).